The maximum Gasteiger partial charge on any atom is 0.192 e. The van der Waals surface area contributed by atoms with E-state index in [2.05, 4.69) is 24.3 Å². The fourth-order valence-corrected chi connectivity index (χ4v) is 4.49. The van der Waals surface area contributed by atoms with Crippen LogP contribution < -0.4 is 5.32 Å². The summed E-state index contributed by atoms with van der Waals surface area (Å²) in [5, 5.41) is 20.8. The van der Waals surface area contributed by atoms with Crippen molar-refractivity contribution in [1.82, 2.24) is 10.3 Å². The molecule has 0 aromatic heterocycles. The van der Waals surface area contributed by atoms with Gasteiger partial charge in [-0.25, -0.2) is 5.01 Å². The Kier molecular flexibility index (Phi) is 2.37. The molecular weight excluding hydrogens is 246 g/mol. The topological polar surface area (TPSA) is 47.9 Å². The molecule has 2 fully saturated rings. The third-order valence-corrected chi connectivity index (χ3v) is 5.43. The summed E-state index contributed by atoms with van der Waals surface area (Å²) in [6.45, 7) is 9.35. The zero-order valence-electron chi connectivity index (χ0n) is 11.4. The van der Waals surface area contributed by atoms with Gasteiger partial charge in [0.15, 0.2) is 10.8 Å². The van der Waals surface area contributed by atoms with E-state index in [9.17, 15) is 5.11 Å². The third kappa shape index (κ3) is 1.29. The average Bonchev–Trinajstić information content (AvgIpc) is 2.62. The monoisotopic (exact) mass is 267 g/mol. The number of hydrazone groups is 1. The molecule has 0 bridgehead atoms. The van der Waals surface area contributed by atoms with Crippen LogP contribution in [0.25, 0.3) is 0 Å². The van der Waals surface area contributed by atoms with Crippen molar-refractivity contribution in [1.29, 1.82) is 0 Å². The molecule has 2 aliphatic carbocycles. The molecule has 0 spiro atoms. The predicted octanol–water partition coefficient (Wildman–Crippen LogP) is 1.55. The van der Waals surface area contributed by atoms with Gasteiger partial charge in [-0.05, 0) is 43.3 Å². The van der Waals surface area contributed by atoms with Crippen molar-refractivity contribution >= 4 is 23.0 Å². The van der Waals surface area contributed by atoms with Crippen molar-refractivity contribution in [2.75, 3.05) is 6.54 Å². The summed E-state index contributed by atoms with van der Waals surface area (Å²) in [7, 11) is 0. The highest BCUT2D eigenvalue weighted by Gasteiger charge is 2.75. The second-order valence-electron chi connectivity index (χ2n) is 6.40. The number of hydrogen-bond acceptors (Lipinski definition) is 3. The molecule has 0 radical (unpaired) electrons. The van der Waals surface area contributed by atoms with Crippen LogP contribution in [0.3, 0.4) is 0 Å². The molecule has 18 heavy (non-hydrogen) atoms. The van der Waals surface area contributed by atoms with Crippen LogP contribution in [0.1, 0.15) is 34.1 Å². The zero-order valence-corrected chi connectivity index (χ0v) is 12.2. The maximum absolute atomic E-state index is 11.0. The second kappa shape index (κ2) is 3.45. The Bertz CT molecular complexity index is 448. The highest BCUT2D eigenvalue weighted by Crippen LogP contribution is 2.73. The lowest BCUT2D eigenvalue weighted by Gasteiger charge is -2.36. The van der Waals surface area contributed by atoms with Crippen LogP contribution in [0, 0.1) is 23.2 Å². The number of aliphatic hydroxyl groups is 1. The summed E-state index contributed by atoms with van der Waals surface area (Å²) in [5.74, 6) is 1.31. The number of rotatable bonds is 1. The van der Waals surface area contributed by atoms with E-state index < -0.39 is 5.72 Å². The van der Waals surface area contributed by atoms with Crippen LogP contribution in [0.5, 0.6) is 0 Å². The van der Waals surface area contributed by atoms with E-state index >= 15 is 0 Å². The lowest BCUT2D eigenvalue weighted by molar-refractivity contribution is -0.0859. The van der Waals surface area contributed by atoms with Gasteiger partial charge in [0.05, 0.1) is 5.92 Å². The van der Waals surface area contributed by atoms with Crippen molar-refractivity contribution in [3.8, 4) is 0 Å². The molecule has 1 heterocycles. The molecule has 0 aromatic rings. The molecule has 2 saturated carbocycles. The van der Waals surface area contributed by atoms with Gasteiger partial charge in [-0.15, -0.1) is 0 Å². The first-order valence-electron chi connectivity index (χ1n) is 6.69. The Morgan fingerprint density at radius 3 is 2.89 bits per heavy atom. The number of thiocarbonyl (C=S) groups is 1. The molecule has 4 nitrogen and oxygen atoms in total. The van der Waals surface area contributed by atoms with E-state index in [0.717, 1.165) is 18.7 Å². The highest BCUT2D eigenvalue weighted by molar-refractivity contribution is 7.80. The first-order chi connectivity index (χ1) is 8.34. The van der Waals surface area contributed by atoms with E-state index in [0.29, 0.717) is 22.4 Å². The van der Waals surface area contributed by atoms with Crippen molar-refractivity contribution in [3.63, 3.8) is 0 Å². The van der Waals surface area contributed by atoms with Gasteiger partial charge in [0.1, 0.15) is 0 Å². The van der Waals surface area contributed by atoms with E-state index in [4.69, 9.17) is 12.2 Å². The standard InChI is InChI=1S/C13H21N3OS/c1-5-14-11(18)16-13(17)6-8-10(12(8,3)4)9(13)7(2)15-16/h8-10,17H,5-6H2,1-4H3,(H,14,18)/t8-,9+,10-,13-/m1/s1. The van der Waals surface area contributed by atoms with Crippen molar-refractivity contribution in [3.05, 3.63) is 0 Å². The molecule has 100 valence electrons. The van der Waals surface area contributed by atoms with Gasteiger partial charge in [-0.3, -0.25) is 0 Å². The van der Waals surface area contributed by atoms with Crippen LogP contribution in [0.4, 0.5) is 0 Å². The Hall–Kier alpha value is -0.680. The van der Waals surface area contributed by atoms with Gasteiger partial charge in [-0.2, -0.15) is 5.10 Å². The molecule has 0 aromatic carbocycles. The third-order valence-electron chi connectivity index (χ3n) is 5.11. The minimum Gasteiger partial charge on any atom is -0.368 e. The van der Waals surface area contributed by atoms with Gasteiger partial charge in [-0.1, -0.05) is 13.8 Å². The Morgan fingerprint density at radius 2 is 2.28 bits per heavy atom. The first-order valence-corrected chi connectivity index (χ1v) is 7.10. The maximum atomic E-state index is 11.0. The van der Waals surface area contributed by atoms with Gasteiger partial charge < -0.3 is 10.4 Å². The molecule has 0 saturated heterocycles. The average molecular weight is 267 g/mol. The van der Waals surface area contributed by atoms with Crippen LogP contribution in [0.15, 0.2) is 5.10 Å². The fraction of sp³-hybridized carbons (Fsp3) is 0.846. The minimum atomic E-state index is -0.881. The summed E-state index contributed by atoms with van der Waals surface area (Å²) < 4.78 is 0. The predicted molar refractivity (Wildman–Crippen MR) is 75.0 cm³/mol. The van der Waals surface area contributed by atoms with Gasteiger partial charge >= 0.3 is 0 Å². The van der Waals surface area contributed by atoms with E-state index in [1.807, 2.05) is 13.8 Å². The summed E-state index contributed by atoms with van der Waals surface area (Å²) >= 11 is 5.32. The lowest BCUT2D eigenvalue weighted by atomic mass is 9.84. The summed E-state index contributed by atoms with van der Waals surface area (Å²) in [6, 6.07) is 0. The fourth-order valence-electron chi connectivity index (χ4n) is 4.14. The number of hydrogen-bond donors (Lipinski definition) is 2. The van der Waals surface area contributed by atoms with Gasteiger partial charge in [0.25, 0.3) is 0 Å². The largest absolute Gasteiger partial charge is 0.368 e. The van der Waals surface area contributed by atoms with Gasteiger partial charge in [0.2, 0.25) is 0 Å². The Morgan fingerprint density at radius 1 is 1.61 bits per heavy atom. The summed E-state index contributed by atoms with van der Waals surface area (Å²) in [5.41, 5.74) is 0.494. The highest BCUT2D eigenvalue weighted by atomic mass is 32.1. The van der Waals surface area contributed by atoms with Crippen LogP contribution >= 0.6 is 12.2 Å². The van der Waals surface area contributed by atoms with E-state index in [1.54, 1.807) is 5.01 Å². The van der Waals surface area contributed by atoms with Crippen LogP contribution in [-0.4, -0.2) is 33.2 Å². The van der Waals surface area contributed by atoms with Gasteiger partial charge in [0, 0.05) is 18.7 Å². The van der Waals surface area contributed by atoms with Crippen molar-refractivity contribution in [2.45, 2.75) is 39.8 Å². The Labute approximate surface area is 113 Å². The number of nitrogens with zero attached hydrogens (tertiary/aromatic N) is 2. The van der Waals surface area contributed by atoms with Crippen LogP contribution in [0.2, 0.25) is 0 Å². The molecule has 1 aliphatic heterocycles. The quantitative estimate of drug-likeness (QED) is 0.708. The van der Waals surface area contributed by atoms with Crippen molar-refractivity contribution in [2.24, 2.45) is 28.3 Å². The molecular formula is C13H21N3OS. The summed E-state index contributed by atoms with van der Waals surface area (Å²) in [4.78, 5) is 0. The Balaban J connectivity index is 1.89. The molecule has 0 unspecified atom stereocenters. The molecule has 5 heteroatoms. The normalized spacial score (nSPS) is 43.3. The number of fused-ring (bicyclic) bond motifs is 3. The lowest BCUT2D eigenvalue weighted by Crippen LogP contribution is -2.53. The zero-order chi connectivity index (χ0) is 13.3. The first kappa shape index (κ1) is 12.4. The molecule has 4 atom stereocenters. The molecule has 2 N–H and O–H groups in total. The minimum absolute atomic E-state index is 0.147. The van der Waals surface area contributed by atoms with Crippen LogP contribution in [-0.2, 0) is 0 Å². The molecule has 3 rings (SSSR count). The molecule has 0 amide bonds. The smallest absolute Gasteiger partial charge is 0.192 e. The van der Waals surface area contributed by atoms with E-state index in [1.165, 1.54) is 0 Å². The SMILES string of the molecule is CCNC(=S)N1N=C(C)[C@H]2[C@H]3[C@@H](C[C@@]21O)C3(C)C. The second-order valence-corrected chi connectivity index (χ2v) is 6.79. The van der Waals surface area contributed by atoms with Crippen molar-refractivity contribution < 1.29 is 5.11 Å². The number of nitrogens with one attached hydrogen (secondary N) is 1. The van der Waals surface area contributed by atoms with E-state index in [-0.39, 0.29) is 5.92 Å². The summed E-state index contributed by atoms with van der Waals surface area (Å²) in [6.07, 6.45) is 0.779. The molecule has 3 aliphatic rings.